The van der Waals surface area contributed by atoms with Crippen LogP contribution in [0.3, 0.4) is 0 Å². The molecule has 1 fully saturated rings. The smallest absolute Gasteiger partial charge is 0.159 e. The van der Waals surface area contributed by atoms with Crippen molar-refractivity contribution in [2.75, 3.05) is 6.61 Å². The Morgan fingerprint density at radius 1 is 1.33 bits per heavy atom. The van der Waals surface area contributed by atoms with Crippen molar-refractivity contribution >= 4 is 0 Å². The molecule has 1 N–H and O–H groups in total. The number of rotatable bonds is 4. The van der Waals surface area contributed by atoms with Gasteiger partial charge in [-0.2, -0.15) is 0 Å². The molecule has 1 aromatic heterocycles. The van der Waals surface area contributed by atoms with Crippen LogP contribution in [0.1, 0.15) is 51.4 Å². The van der Waals surface area contributed by atoms with Crippen molar-refractivity contribution in [1.29, 1.82) is 0 Å². The van der Waals surface area contributed by atoms with E-state index in [0.29, 0.717) is 6.04 Å². The van der Waals surface area contributed by atoms with E-state index in [2.05, 4.69) is 36.1 Å². The van der Waals surface area contributed by atoms with Crippen LogP contribution in [0.5, 0.6) is 0 Å². The molecule has 0 spiro atoms. The molecule has 1 unspecified atom stereocenters. The van der Waals surface area contributed by atoms with Gasteiger partial charge in [-0.25, -0.2) is 9.97 Å². The predicted molar refractivity (Wildman–Crippen MR) is 71.2 cm³/mol. The molecule has 1 saturated heterocycles. The van der Waals surface area contributed by atoms with Gasteiger partial charge in [-0.05, 0) is 26.2 Å². The zero-order valence-corrected chi connectivity index (χ0v) is 11.6. The number of nitrogens with zero attached hydrogens (tertiary/aromatic N) is 2. The lowest BCUT2D eigenvalue weighted by atomic mass is 9.95. The highest BCUT2D eigenvalue weighted by atomic mass is 16.5. The lowest BCUT2D eigenvalue weighted by Crippen LogP contribution is -2.32. The lowest BCUT2D eigenvalue weighted by molar-refractivity contribution is -0.0760. The third-order valence-corrected chi connectivity index (χ3v) is 3.36. The number of hydrogen-bond donors (Lipinski definition) is 1. The highest BCUT2D eigenvalue weighted by Gasteiger charge is 2.32. The Labute approximate surface area is 109 Å². The van der Waals surface area contributed by atoms with Crippen LogP contribution in [-0.4, -0.2) is 22.6 Å². The van der Waals surface area contributed by atoms with Crippen molar-refractivity contribution in [1.82, 2.24) is 15.3 Å². The van der Waals surface area contributed by atoms with Crippen LogP contribution in [0.25, 0.3) is 0 Å². The fraction of sp³-hybridized carbons (Fsp3) is 0.714. The van der Waals surface area contributed by atoms with Crippen molar-refractivity contribution in [3.05, 3.63) is 23.8 Å². The van der Waals surface area contributed by atoms with Crippen LogP contribution in [0, 0.1) is 0 Å². The molecular formula is C14H23N3O. The van der Waals surface area contributed by atoms with E-state index in [0.717, 1.165) is 37.4 Å². The van der Waals surface area contributed by atoms with E-state index >= 15 is 0 Å². The van der Waals surface area contributed by atoms with Crippen LogP contribution in [0.15, 0.2) is 12.4 Å². The summed E-state index contributed by atoms with van der Waals surface area (Å²) in [7, 11) is 0. The summed E-state index contributed by atoms with van der Waals surface area (Å²) in [5, 5.41) is 3.36. The summed E-state index contributed by atoms with van der Waals surface area (Å²) in [5.74, 6) is 0.815. The summed E-state index contributed by atoms with van der Waals surface area (Å²) in [5.41, 5.74) is 0.828. The zero-order valence-electron chi connectivity index (χ0n) is 11.6. The van der Waals surface area contributed by atoms with E-state index in [1.807, 2.05) is 12.4 Å². The molecule has 1 aliphatic heterocycles. The molecule has 1 aliphatic rings. The Balaban J connectivity index is 2.02. The maximum Gasteiger partial charge on any atom is 0.159 e. The van der Waals surface area contributed by atoms with Crippen molar-refractivity contribution in [3.8, 4) is 0 Å². The summed E-state index contributed by atoms with van der Waals surface area (Å²) < 4.78 is 5.85. The van der Waals surface area contributed by atoms with Crippen molar-refractivity contribution in [2.45, 2.75) is 58.2 Å². The van der Waals surface area contributed by atoms with E-state index in [1.54, 1.807) is 0 Å². The summed E-state index contributed by atoms with van der Waals surface area (Å²) in [6, 6.07) is 0.476. The third kappa shape index (κ3) is 3.27. The first-order valence-electron chi connectivity index (χ1n) is 6.79. The van der Waals surface area contributed by atoms with Gasteiger partial charge >= 0.3 is 0 Å². The number of ether oxygens (including phenoxy) is 1. The first-order chi connectivity index (χ1) is 8.60. The SMILES string of the molecule is CC(C)NCc1cnc(C2(C)CCCCO2)nc1. The quantitative estimate of drug-likeness (QED) is 0.890. The summed E-state index contributed by atoms with van der Waals surface area (Å²) >= 11 is 0. The van der Waals surface area contributed by atoms with Gasteiger partial charge in [0.25, 0.3) is 0 Å². The fourth-order valence-electron chi connectivity index (χ4n) is 2.15. The average molecular weight is 249 g/mol. The van der Waals surface area contributed by atoms with Crippen molar-refractivity contribution in [3.63, 3.8) is 0 Å². The van der Waals surface area contributed by atoms with Crippen LogP contribution in [0.4, 0.5) is 0 Å². The molecule has 1 atom stereocenters. The molecule has 0 radical (unpaired) electrons. The van der Waals surface area contributed by atoms with Gasteiger partial charge in [0.2, 0.25) is 0 Å². The van der Waals surface area contributed by atoms with E-state index in [4.69, 9.17) is 4.74 Å². The largest absolute Gasteiger partial charge is 0.367 e. The van der Waals surface area contributed by atoms with Gasteiger partial charge in [0, 0.05) is 37.2 Å². The second-order valence-electron chi connectivity index (χ2n) is 5.49. The van der Waals surface area contributed by atoms with Gasteiger partial charge in [0.1, 0.15) is 5.60 Å². The predicted octanol–water partition coefficient (Wildman–Crippen LogP) is 2.39. The topological polar surface area (TPSA) is 47.0 Å². The maximum absolute atomic E-state index is 5.85. The first-order valence-corrected chi connectivity index (χ1v) is 6.79. The molecule has 4 nitrogen and oxygen atoms in total. The highest BCUT2D eigenvalue weighted by molar-refractivity contribution is 5.09. The standard InChI is InChI=1S/C14H23N3O/c1-11(2)15-8-12-9-16-13(17-10-12)14(3)6-4-5-7-18-14/h9-11,15H,4-8H2,1-3H3. The summed E-state index contributed by atoms with van der Waals surface area (Å²) in [4.78, 5) is 8.95. The molecule has 2 heterocycles. The second-order valence-corrected chi connectivity index (χ2v) is 5.49. The molecule has 0 saturated carbocycles. The minimum absolute atomic E-state index is 0.289. The second kappa shape index (κ2) is 5.76. The van der Waals surface area contributed by atoms with Gasteiger partial charge in [-0.3, -0.25) is 0 Å². The molecule has 4 heteroatoms. The maximum atomic E-state index is 5.85. The van der Waals surface area contributed by atoms with Crippen molar-refractivity contribution < 1.29 is 4.74 Å². The Kier molecular flexibility index (Phi) is 4.30. The Morgan fingerprint density at radius 2 is 2.06 bits per heavy atom. The monoisotopic (exact) mass is 249 g/mol. The Hall–Kier alpha value is -1.00. The molecule has 0 bridgehead atoms. The summed E-state index contributed by atoms with van der Waals surface area (Å²) in [6.07, 6.45) is 7.15. The van der Waals surface area contributed by atoms with E-state index in [-0.39, 0.29) is 5.60 Å². The molecule has 2 rings (SSSR count). The number of aromatic nitrogens is 2. The molecule has 100 valence electrons. The molecule has 0 amide bonds. The van der Waals surface area contributed by atoms with Crippen LogP contribution in [0.2, 0.25) is 0 Å². The average Bonchev–Trinajstić information content (AvgIpc) is 2.38. The minimum atomic E-state index is -0.289. The number of nitrogens with one attached hydrogen (secondary N) is 1. The van der Waals surface area contributed by atoms with Crippen LogP contribution < -0.4 is 5.32 Å². The van der Waals surface area contributed by atoms with E-state index < -0.39 is 0 Å². The zero-order chi connectivity index (χ0) is 13.0. The molecule has 1 aromatic rings. The van der Waals surface area contributed by atoms with Gasteiger partial charge in [-0.1, -0.05) is 13.8 Å². The third-order valence-electron chi connectivity index (χ3n) is 3.36. The Bertz CT molecular complexity index is 369. The number of hydrogen-bond acceptors (Lipinski definition) is 4. The van der Waals surface area contributed by atoms with Crippen LogP contribution >= 0.6 is 0 Å². The molecule has 18 heavy (non-hydrogen) atoms. The fourth-order valence-corrected chi connectivity index (χ4v) is 2.15. The van der Waals surface area contributed by atoms with Crippen molar-refractivity contribution in [2.24, 2.45) is 0 Å². The lowest BCUT2D eigenvalue weighted by Gasteiger charge is -2.32. The Morgan fingerprint density at radius 3 is 2.61 bits per heavy atom. The summed E-state index contributed by atoms with van der Waals surface area (Å²) in [6.45, 7) is 7.98. The highest BCUT2D eigenvalue weighted by Crippen LogP contribution is 2.32. The van der Waals surface area contributed by atoms with E-state index in [9.17, 15) is 0 Å². The van der Waals surface area contributed by atoms with Gasteiger partial charge < -0.3 is 10.1 Å². The van der Waals surface area contributed by atoms with E-state index in [1.165, 1.54) is 6.42 Å². The normalized spacial score (nSPS) is 24.4. The van der Waals surface area contributed by atoms with Gasteiger partial charge in [0.05, 0.1) is 0 Å². The minimum Gasteiger partial charge on any atom is -0.367 e. The molecular weight excluding hydrogens is 226 g/mol. The molecule has 0 aliphatic carbocycles. The first kappa shape index (κ1) is 13.4. The van der Waals surface area contributed by atoms with Gasteiger partial charge in [-0.15, -0.1) is 0 Å². The van der Waals surface area contributed by atoms with Crippen LogP contribution in [-0.2, 0) is 16.9 Å². The molecule has 0 aromatic carbocycles. The van der Waals surface area contributed by atoms with Gasteiger partial charge in [0.15, 0.2) is 5.82 Å².